The van der Waals surface area contributed by atoms with Crippen LogP contribution in [0.5, 0.6) is 0 Å². The zero-order valence-electron chi connectivity index (χ0n) is 9.85. The minimum atomic E-state index is -0.185. The van der Waals surface area contributed by atoms with E-state index in [1.54, 1.807) is 11.3 Å². The van der Waals surface area contributed by atoms with Crippen LogP contribution in [0.25, 0.3) is 0 Å². The summed E-state index contributed by atoms with van der Waals surface area (Å²) < 4.78 is 10.1. The first kappa shape index (κ1) is 12.5. The highest BCUT2D eigenvalue weighted by Gasteiger charge is 2.23. The van der Waals surface area contributed by atoms with Crippen LogP contribution in [0, 0.1) is 0 Å². The second-order valence-electron chi connectivity index (χ2n) is 4.08. The fourth-order valence-electron chi connectivity index (χ4n) is 1.93. The molecule has 0 bridgehead atoms. The van der Waals surface area contributed by atoms with Gasteiger partial charge >= 0.3 is 5.97 Å². The average molecular weight is 255 g/mol. The summed E-state index contributed by atoms with van der Waals surface area (Å²) in [7, 11) is 1.42. The highest BCUT2D eigenvalue weighted by Crippen LogP contribution is 2.24. The summed E-state index contributed by atoms with van der Waals surface area (Å²) in [5, 5.41) is 5.49. The quantitative estimate of drug-likeness (QED) is 0.814. The summed E-state index contributed by atoms with van der Waals surface area (Å²) in [6, 6.07) is 4.42. The lowest BCUT2D eigenvalue weighted by Crippen LogP contribution is -2.34. The summed E-state index contributed by atoms with van der Waals surface area (Å²) in [6.45, 7) is 1.52. The molecule has 1 fully saturated rings. The van der Waals surface area contributed by atoms with Gasteiger partial charge in [-0.05, 0) is 17.9 Å². The van der Waals surface area contributed by atoms with Crippen molar-refractivity contribution in [1.29, 1.82) is 0 Å². The minimum absolute atomic E-state index is 0.0362. The Hall–Kier alpha value is -0.910. The van der Waals surface area contributed by atoms with E-state index < -0.39 is 0 Å². The molecule has 2 atom stereocenters. The Bertz CT molecular complexity index is 347. The number of carbonyl (C=O) groups excluding carboxylic acids is 1. The van der Waals surface area contributed by atoms with E-state index in [2.05, 4.69) is 5.32 Å². The lowest BCUT2D eigenvalue weighted by molar-refractivity contribution is -0.141. The van der Waals surface area contributed by atoms with Crippen molar-refractivity contribution in [2.24, 2.45) is 0 Å². The molecule has 0 radical (unpaired) electrons. The van der Waals surface area contributed by atoms with Crippen LogP contribution in [0.2, 0.25) is 0 Å². The van der Waals surface area contributed by atoms with Crippen LogP contribution in [0.1, 0.15) is 23.8 Å². The third-order valence-electron chi connectivity index (χ3n) is 2.85. The molecule has 0 aliphatic carbocycles. The van der Waals surface area contributed by atoms with E-state index >= 15 is 0 Å². The Morgan fingerprint density at radius 3 is 3.24 bits per heavy atom. The van der Waals surface area contributed by atoms with Crippen molar-refractivity contribution in [2.75, 3.05) is 20.3 Å². The number of ether oxygens (including phenoxy) is 2. The maximum Gasteiger partial charge on any atom is 0.307 e. The fourth-order valence-corrected chi connectivity index (χ4v) is 2.72. The SMILES string of the molecule is COC(=O)CC(NC1CCOC1)c1cccs1. The molecule has 94 valence electrons. The molecule has 2 heterocycles. The Morgan fingerprint density at radius 2 is 2.65 bits per heavy atom. The smallest absolute Gasteiger partial charge is 0.307 e. The molecule has 2 rings (SSSR count). The lowest BCUT2D eigenvalue weighted by Gasteiger charge is -2.20. The third kappa shape index (κ3) is 3.52. The van der Waals surface area contributed by atoms with Gasteiger partial charge in [0.25, 0.3) is 0 Å². The first-order valence-electron chi connectivity index (χ1n) is 5.73. The molecule has 0 aromatic carbocycles. The van der Waals surface area contributed by atoms with Gasteiger partial charge in [0, 0.05) is 17.5 Å². The van der Waals surface area contributed by atoms with Crippen molar-refractivity contribution in [3.05, 3.63) is 22.4 Å². The van der Waals surface area contributed by atoms with Crippen molar-refractivity contribution in [1.82, 2.24) is 5.32 Å². The van der Waals surface area contributed by atoms with E-state index in [-0.39, 0.29) is 12.0 Å². The number of rotatable bonds is 5. The fraction of sp³-hybridized carbons (Fsp3) is 0.583. The second-order valence-corrected chi connectivity index (χ2v) is 5.05. The standard InChI is InChI=1S/C12H17NO3S/c1-15-12(14)7-10(11-3-2-6-17-11)13-9-4-5-16-8-9/h2-3,6,9-10,13H,4-5,7-8H2,1H3. The molecule has 1 N–H and O–H groups in total. The van der Waals surface area contributed by atoms with E-state index in [1.165, 1.54) is 12.0 Å². The Balaban J connectivity index is 1.98. The van der Waals surface area contributed by atoms with E-state index in [9.17, 15) is 4.79 Å². The van der Waals surface area contributed by atoms with E-state index in [0.29, 0.717) is 12.5 Å². The molecular formula is C12H17NO3S. The molecule has 1 saturated heterocycles. The van der Waals surface area contributed by atoms with E-state index in [4.69, 9.17) is 9.47 Å². The van der Waals surface area contributed by atoms with Gasteiger partial charge in [0.15, 0.2) is 0 Å². The highest BCUT2D eigenvalue weighted by molar-refractivity contribution is 7.10. The molecule has 0 saturated carbocycles. The monoisotopic (exact) mass is 255 g/mol. The van der Waals surface area contributed by atoms with Crippen molar-refractivity contribution in [2.45, 2.75) is 24.9 Å². The van der Waals surface area contributed by atoms with Crippen molar-refractivity contribution in [3.8, 4) is 0 Å². The molecule has 0 spiro atoms. The molecule has 1 aromatic heterocycles. The maximum absolute atomic E-state index is 11.4. The van der Waals surface area contributed by atoms with Gasteiger partial charge in [-0.3, -0.25) is 4.79 Å². The number of methoxy groups -OCH3 is 1. The molecule has 1 aromatic rings. The molecular weight excluding hydrogens is 238 g/mol. The Morgan fingerprint density at radius 1 is 1.76 bits per heavy atom. The number of hydrogen-bond acceptors (Lipinski definition) is 5. The largest absolute Gasteiger partial charge is 0.469 e. The summed E-state index contributed by atoms with van der Waals surface area (Å²) in [6.07, 6.45) is 1.37. The van der Waals surface area contributed by atoms with Crippen molar-refractivity contribution in [3.63, 3.8) is 0 Å². The van der Waals surface area contributed by atoms with Gasteiger partial charge in [-0.2, -0.15) is 0 Å². The molecule has 1 aliphatic heterocycles. The van der Waals surface area contributed by atoms with Crippen LogP contribution < -0.4 is 5.32 Å². The topological polar surface area (TPSA) is 47.6 Å². The van der Waals surface area contributed by atoms with Crippen molar-refractivity contribution >= 4 is 17.3 Å². The number of hydrogen-bond donors (Lipinski definition) is 1. The molecule has 2 unspecified atom stereocenters. The summed E-state index contributed by atoms with van der Waals surface area (Å²) >= 11 is 1.66. The number of carbonyl (C=O) groups is 1. The van der Waals surface area contributed by atoms with Gasteiger partial charge in [-0.15, -0.1) is 11.3 Å². The number of thiophene rings is 1. The second kappa shape index (κ2) is 6.14. The Kier molecular flexibility index (Phi) is 4.53. The van der Waals surface area contributed by atoms with E-state index in [1.807, 2.05) is 17.5 Å². The van der Waals surface area contributed by atoms with Gasteiger partial charge in [-0.25, -0.2) is 0 Å². The normalized spacial score (nSPS) is 21.4. The summed E-state index contributed by atoms with van der Waals surface area (Å²) in [5.41, 5.74) is 0. The average Bonchev–Trinajstić information content (AvgIpc) is 3.00. The molecule has 5 heteroatoms. The van der Waals surface area contributed by atoms with Gasteiger partial charge < -0.3 is 14.8 Å². The van der Waals surface area contributed by atoms with E-state index in [0.717, 1.165) is 19.6 Å². The van der Waals surface area contributed by atoms with Crippen LogP contribution in [0.3, 0.4) is 0 Å². The molecule has 1 aliphatic rings. The van der Waals surface area contributed by atoms with Crippen LogP contribution in [-0.4, -0.2) is 32.3 Å². The summed E-state index contributed by atoms with van der Waals surface area (Å²) in [5.74, 6) is -0.185. The number of nitrogens with one attached hydrogen (secondary N) is 1. The zero-order chi connectivity index (χ0) is 12.1. The predicted octanol–water partition coefficient (Wildman–Crippen LogP) is 1.73. The molecule has 4 nitrogen and oxygen atoms in total. The zero-order valence-corrected chi connectivity index (χ0v) is 10.7. The van der Waals surface area contributed by atoms with Gasteiger partial charge in [0.1, 0.15) is 0 Å². The van der Waals surface area contributed by atoms with Gasteiger partial charge in [0.2, 0.25) is 0 Å². The molecule has 17 heavy (non-hydrogen) atoms. The summed E-state index contributed by atoms with van der Waals surface area (Å²) in [4.78, 5) is 12.6. The van der Waals surface area contributed by atoms with Crippen LogP contribution in [0.15, 0.2) is 17.5 Å². The van der Waals surface area contributed by atoms with Crippen LogP contribution >= 0.6 is 11.3 Å². The Labute approximate surface area is 105 Å². The first-order chi connectivity index (χ1) is 8.29. The van der Waals surface area contributed by atoms with Crippen LogP contribution in [0.4, 0.5) is 0 Å². The minimum Gasteiger partial charge on any atom is -0.469 e. The third-order valence-corrected chi connectivity index (χ3v) is 3.84. The van der Waals surface area contributed by atoms with Gasteiger partial charge in [0.05, 0.1) is 26.2 Å². The highest BCUT2D eigenvalue weighted by atomic mass is 32.1. The first-order valence-corrected chi connectivity index (χ1v) is 6.61. The van der Waals surface area contributed by atoms with Crippen LogP contribution in [-0.2, 0) is 14.3 Å². The maximum atomic E-state index is 11.4. The number of esters is 1. The lowest BCUT2D eigenvalue weighted by atomic mass is 10.1. The predicted molar refractivity (Wildman–Crippen MR) is 66.1 cm³/mol. The van der Waals surface area contributed by atoms with Crippen molar-refractivity contribution < 1.29 is 14.3 Å². The van der Waals surface area contributed by atoms with Gasteiger partial charge in [-0.1, -0.05) is 6.07 Å². The molecule has 0 amide bonds.